The standard InChI is InChI=1S/C11H14N2O4S/c1-11(12-2,10(14)15)7-18-9-5-3-8(4-6-9)13(16)17/h3-6,12H,7H2,1-2H3,(H,14,15). The molecule has 18 heavy (non-hydrogen) atoms. The molecule has 0 aliphatic rings. The number of rotatable bonds is 6. The third-order valence-electron chi connectivity index (χ3n) is 2.60. The normalized spacial score (nSPS) is 13.9. The first kappa shape index (κ1) is 14.5. The van der Waals surface area contributed by atoms with E-state index < -0.39 is 16.4 Å². The summed E-state index contributed by atoms with van der Waals surface area (Å²) in [5.74, 6) is -0.601. The van der Waals surface area contributed by atoms with E-state index in [4.69, 9.17) is 5.11 Å². The second kappa shape index (κ2) is 5.83. The molecule has 0 aliphatic carbocycles. The van der Waals surface area contributed by atoms with Crippen molar-refractivity contribution in [3.8, 4) is 0 Å². The Morgan fingerprint density at radius 1 is 1.50 bits per heavy atom. The van der Waals surface area contributed by atoms with Gasteiger partial charge >= 0.3 is 5.97 Å². The molecule has 0 aliphatic heterocycles. The Kier molecular flexibility index (Phi) is 4.69. The van der Waals surface area contributed by atoms with Crippen LogP contribution in [-0.2, 0) is 4.79 Å². The van der Waals surface area contributed by atoms with E-state index in [2.05, 4.69) is 5.32 Å². The molecule has 1 rings (SSSR count). The Hall–Kier alpha value is -1.60. The topological polar surface area (TPSA) is 92.5 Å². The molecular weight excluding hydrogens is 256 g/mol. The molecule has 0 amide bonds. The molecule has 2 N–H and O–H groups in total. The number of aliphatic carboxylic acids is 1. The Bertz CT molecular complexity index is 449. The van der Waals surface area contributed by atoms with Crippen LogP contribution in [0.1, 0.15) is 6.92 Å². The predicted octanol–water partition coefficient (Wildman–Crippen LogP) is 1.75. The van der Waals surface area contributed by atoms with Gasteiger partial charge in [0.15, 0.2) is 0 Å². The van der Waals surface area contributed by atoms with Gasteiger partial charge in [0.05, 0.1) is 4.92 Å². The van der Waals surface area contributed by atoms with Gasteiger partial charge in [-0.15, -0.1) is 11.8 Å². The average Bonchev–Trinajstić information content (AvgIpc) is 2.36. The van der Waals surface area contributed by atoms with Gasteiger partial charge in [-0.3, -0.25) is 14.9 Å². The Labute approximate surface area is 109 Å². The van der Waals surface area contributed by atoms with E-state index in [1.807, 2.05) is 0 Å². The van der Waals surface area contributed by atoms with Gasteiger partial charge in [-0.05, 0) is 26.1 Å². The van der Waals surface area contributed by atoms with E-state index >= 15 is 0 Å². The lowest BCUT2D eigenvalue weighted by Crippen LogP contribution is -2.49. The molecule has 0 radical (unpaired) electrons. The maximum atomic E-state index is 11.1. The fourth-order valence-electron chi connectivity index (χ4n) is 1.13. The lowest BCUT2D eigenvalue weighted by Gasteiger charge is -2.23. The fourth-order valence-corrected chi connectivity index (χ4v) is 2.18. The number of hydrogen-bond acceptors (Lipinski definition) is 5. The summed E-state index contributed by atoms with van der Waals surface area (Å²) in [6.07, 6.45) is 0. The first-order valence-electron chi connectivity index (χ1n) is 5.18. The third-order valence-corrected chi connectivity index (χ3v) is 3.93. The monoisotopic (exact) mass is 270 g/mol. The zero-order chi connectivity index (χ0) is 13.8. The minimum Gasteiger partial charge on any atom is -0.480 e. The van der Waals surface area contributed by atoms with Crippen LogP contribution < -0.4 is 5.32 Å². The number of thioether (sulfide) groups is 1. The van der Waals surface area contributed by atoms with E-state index in [9.17, 15) is 14.9 Å². The molecular formula is C11H14N2O4S. The van der Waals surface area contributed by atoms with Crippen LogP contribution in [-0.4, -0.2) is 34.3 Å². The van der Waals surface area contributed by atoms with Crippen LogP contribution in [0.2, 0.25) is 0 Å². The van der Waals surface area contributed by atoms with Gasteiger partial charge in [-0.2, -0.15) is 0 Å². The molecule has 1 atom stereocenters. The van der Waals surface area contributed by atoms with Crippen molar-refractivity contribution in [2.24, 2.45) is 0 Å². The summed E-state index contributed by atoms with van der Waals surface area (Å²) in [4.78, 5) is 21.9. The Morgan fingerprint density at radius 3 is 2.44 bits per heavy atom. The summed E-state index contributed by atoms with van der Waals surface area (Å²) in [6.45, 7) is 1.59. The first-order chi connectivity index (χ1) is 8.39. The van der Waals surface area contributed by atoms with E-state index in [0.29, 0.717) is 5.75 Å². The van der Waals surface area contributed by atoms with Gasteiger partial charge in [0, 0.05) is 22.8 Å². The number of benzene rings is 1. The van der Waals surface area contributed by atoms with Crippen molar-refractivity contribution in [2.75, 3.05) is 12.8 Å². The highest BCUT2D eigenvalue weighted by Gasteiger charge is 2.31. The molecule has 0 heterocycles. The van der Waals surface area contributed by atoms with Crippen LogP contribution in [0.4, 0.5) is 5.69 Å². The minimum absolute atomic E-state index is 0.0222. The van der Waals surface area contributed by atoms with E-state index in [1.54, 1.807) is 26.1 Å². The van der Waals surface area contributed by atoms with Crippen molar-refractivity contribution < 1.29 is 14.8 Å². The molecule has 0 fully saturated rings. The molecule has 1 aromatic rings. The number of hydrogen-bond donors (Lipinski definition) is 2. The zero-order valence-electron chi connectivity index (χ0n) is 10.0. The number of nitrogens with zero attached hydrogens (tertiary/aromatic N) is 1. The van der Waals surface area contributed by atoms with Gasteiger partial charge in [-0.25, -0.2) is 0 Å². The average molecular weight is 270 g/mol. The number of carbonyl (C=O) groups is 1. The van der Waals surface area contributed by atoms with Crippen LogP contribution in [0.3, 0.4) is 0 Å². The molecule has 0 spiro atoms. The lowest BCUT2D eigenvalue weighted by molar-refractivity contribution is -0.384. The number of carboxylic acids is 1. The summed E-state index contributed by atoms with van der Waals surface area (Å²) in [5.41, 5.74) is -0.999. The minimum atomic E-state index is -1.02. The molecule has 0 bridgehead atoms. The second-order valence-corrected chi connectivity index (χ2v) is 4.98. The molecule has 0 aromatic heterocycles. The van der Waals surface area contributed by atoms with Gasteiger partial charge in [0.2, 0.25) is 0 Å². The van der Waals surface area contributed by atoms with E-state index in [-0.39, 0.29) is 5.69 Å². The van der Waals surface area contributed by atoms with Crippen molar-refractivity contribution in [1.29, 1.82) is 0 Å². The number of likely N-dealkylation sites (N-methyl/N-ethyl adjacent to an activating group) is 1. The van der Waals surface area contributed by atoms with Gasteiger partial charge in [0.1, 0.15) is 5.54 Å². The van der Waals surface area contributed by atoms with Crippen LogP contribution in [0.5, 0.6) is 0 Å². The first-order valence-corrected chi connectivity index (χ1v) is 6.17. The maximum Gasteiger partial charge on any atom is 0.324 e. The summed E-state index contributed by atoms with van der Waals surface area (Å²) in [6, 6.07) is 6.03. The van der Waals surface area contributed by atoms with Crippen LogP contribution in [0.15, 0.2) is 29.2 Å². The summed E-state index contributed by atoms with van der Waals surface area (Å²) in [5, 5.41) is 22.3. The molecule has 98 valence electrons. The van der Waals surface area contributed by atoms with Gasteiger partial charge < -0.3 is 10.4 Å². The zero-order valence-corrected chi connectivity index (χ0v) is 10.9. The number of non-ortho nitro benzene ring substituents is 1. The van der Waals surface area contributed by atoms with Crippen molar-refractivity contribution >= 4 is 23.4 Å². The van der Waals surface area contributed by atoms with Crippen molar-refractivity contribution in [2.45, 2.75) is 17.4 Å². The molecule has 7 heteroatoms. The summed E-state index contributed by atoms with van der Waals surface area (Å²) < 4.78 is 0. The predicted molar refractivity (Wildman–Crippen MR) is 68.9 cm³/mol. The van der Waals surface area contributed by atoms with Crippen molar-refractivity contribution in [1.82, 2.24) is 5.32 Å². The smallest absolute Gasteiger partial charge is 0.324 e. The Morgan fingerprint density at radius 2 is 2.06 bits per heavy atom. The molecule has 1 aromatic carbocycles. The number of nitrogens with one attached hydrogen (secondary N) is 1. The van der Waals surface area contributed by atoms with Crippen LogP contribution in [0, 0.1) is 10.1 Å². The highest BCUT2D eigenvalue weighted by atomic mass is 32.2. The molecule has 1 unspecified atom stereocenters. The van der Waals surface area contributed by atoms with Gasteiger partial charge in [-0.1, -0.05) is 0 Å². The van der Waals surface area contributed by atoms with Crippen LogP contribution in [0.25, 0.3) is 0 Å². The molecule has 6 nitrogen and oxygen atoms in total. The quantitative estimate of drug-likeness (QED) is 0.465. The summed E-state index contributed by atoms with van der Waals surface area (Å²) in [7, 11) is 1.59. The van der Waals surface area contributed by atoms with E-state index in [1.165, 1.54) is 23.9 Å². The second-order valence-electron chi connectivity index (χ2n) is 3.93. The third kappa shape index (κ3) is 3.44. The maximum absolute atomic E-state index is 11.1. The number of nitro benzene ring substituents is 1. The van der Waals surface area contributed by atoms with Gasteiger partial charge in [0.25, 0.3) is 5.69 Å². The number of nitro groups is 1. The fraction of sp³-hybridized carbons (Fsp3) is 0.364. The SMILES string of the molecule is CNC(C)(CSc1ccc([N+](=O)[O-])cc1)C(=O)O. The summed E-state index contributed by atoms with van der Waals surface area (Å²) >= 11 is 1.33. The molecule has 0 saturated carbocycles. The molecule has 0 saturated heterocycles. The lowest BCUT2D eigenvalue weighted by atomic mass is 10.1. The largest absolute Gasteiger partial charge is 0.480 e. The number of carboxylic acid groups (broad SMARTS) is 1. The highest BCUT2D eigenvalue weighted by molar-refractivity contribution is 7.99. The van der Waals surface area contributed by atoms with Crippen molar-refractivity contribution in [3.63, 3.8) is 0 Å². The van der Waals surface area contributed by atoms with Crippen LogP contribution >= 0.6 is 11.8 Å². The highest BCUT2D eigenvalue weighted by Crippen LogP contribution is 2.24. The van der Waals surface area contributed by atoms with E-state index in [0.717, 1.165) is 4.90 Å². The Balaban J connectivity index is 2.69. The van der Waals surface area contributed by atoms with Crippen molar-refractivity contribution in [3.05, 3.63) is 34.4 Å².